The van der Waals surface area contributed by atoms with Gasteiger partial charge in [0.05, 0.1) is 0 Å². The number of carbonyl (C=O) groups is 1. The third-order valence-corrected chi connectivity index (χ3v) is 1.87. The molecule has 0 saturated carbocycles. The van der Waals surface area contributed by atoms with Crippen LogP contribution in [0.4, 0.5) is 4.39 Å². The van der Waals surface area contributed by atoms with E-state index in [1.165, 1.54) is 0 Å². The average Bonchev–Trinajstić information content (AvgIpc) is 2.52. The largest absolute Gasteiger partial charge is 0.354 e. The van der Waals surface area contributed by atoms with E-state index >= 15 is 0 Å². The fourth-order valence-corrected chi connectivity index (χ4v) is 1.19. The molecule has 5 heteroatoms. The highest BCUT2D eigenvalue weighted by atomic mass is 35.5. The maximum atomic E-state index is 11.6. The zero-order valence-electron chi connectivity index (χ0n) is 6.81. The van der Waals surface area contributed by atoms with Gasteiger partial charge in [-0.25, -0.2) is 4.39 Å². The minimum Gasteiger partial charge on any atom is -0.354 e. The van der Waals surface area contributed by atoms with Gasteiger partial charge in [-0.3, -0.25) is 4.79 Å². The molecule has 1 fully saturated rings. The van der Waals surface area contributed by atoms with E-state index in [0.29, 0.717) is 12.5 Å². The van der Waals surface area contributed by atoms with Crippen LogP contribution in [0.3, 0.4) is 0 Å². The van der Waals surface area contributed by atoms with Crippen molar-refractivity contribution >= 4 is 18.3 Å². The molecule has 0 aromatic heterocycles. The summed E-state index contributed by atoms with van der Waals surface area (Å²) in [6.07, 6.45) is 1.08. The molecule has 0 radical (unpaired) electrons. The van der Waals surface area contributed by atoms with Crippen LogP contribution in [-0.4, -0.2) is 32.2 Å². The lowest BCUT2D eigenvalue weighted by molar-refractivity contribution is -0.122. The summed E-state index contributed by atoms with van der Waals surface area (Å²) in [6.45, 7) is 1.65. The number of rotatable bonds is 3. The maximum Gasteiger partial charge on any atom is 0.251 e. The van der Waals surface area contributed by atoms with E-state index in [0.717, 1.165) is 19.5 Å². The highest BCUT2D eigenvalue weighted by molar-refractivity contribution is 5.85. The zero-order valence-corrected chi connectivity index (χ0v) is 7.62. The zero-order chi connectivity index (χ0) is 8.10. The predicted octanol–water partition coefficient (Wildman–Crippen LogP) is 0.103. The van der Waals surface area contributed by atoms with Crippen molar-refractivity contribution in [3.05, 3.63) is 0 Å². The fourth-order valence-electron chi connectivity index (χ4n) is 1.19. The van der Waals surface area contributed by atoms with Crippen molar-refractivity contribution < 1.29 is 9.18 Å². The highest BCUT2D eigenvalue weighted by Crippen LogP contribution is 2.04. The van der Waals surface area contributed by atoms with Gasteiger partial charge in [-0.15, -0.1) is 12.4 Å². The molecular formula is C7H14ClFN2O. The highest BCUT2D eigenvalue weighted by Gasteiger charge is 2.14. The second-order valence-electron chi connectivity index (χ2n) is 2.80. The molecule has 12 heavy (non-hydrogen) atoms. The molecule has 72 valence electrons. The van der Waals surface area contributed by atoms with Crippen molar-refractivity contribution in [1.29, 1.82) is 0 Å². The Balaban J connectivity index is 0.00000121. The molecule has 3 nitrogen and oxygen atoms in total. The minimum atomic E-state index is -0.903. The first-order chi connectivity index (χ1) is 5.33. The molecule has 1 amide bonds. The van der Waals surface area contributed by atoms with Crippen molar-refractivity contribution in [3.8, 4) is 0 Å². The Hall–Kier alpha value is -0.350. The third-order valence-electron chi connectivity index (χ3n) is 1.87. The van der Waals surface area contributed by atoms with E-state index in [-0.39, 0.29) is 12.4 Å². The van der Waals surface area contributed by atoms with E-state index in [2.05, 4.69) is 10.6 Å². The number of nitrogens with one attached hydrogen (secondary N) is 2. The summed E-state index contributed by atoms with van der Waals surface area (Å²) in [7, 11) is 0. The van der Waals surface area contributed by atoms with Gasteiger partial charge in [0, 0.05) is 6.54 Å². The van der Waals surface area contributed by atoms with E-state index in [1.54, 1.807) is 0 Å². The van der Waals surface area contributed by atoms with Crippen LogP contribution in [-0.2, 0) is 4.79 Å². The standard InChI is InChI=1S/C7H13FN2O.ClH/c8-3-7(11)10-5-6-1-2-9-4-6;/h6,9H,1-5H2,(H,10,11);1H/t6-;/m0./s1. The van der Waals surface area contributed by atoms with Crippen molar-refractivity contribution in [2.75, 3.05) is 26.3 Å². The SMILES string of the molecule is Cl.O=C(CF)NC[C@H]1CCNC1. The van der Waals surface area contributed by atoms with Crippen LogP contribution in [0.15, 0.2) is 0 Å². The lowest BCUT2D eigenvalue weighted by Crippen LogP contribution is -2.31. The molecular weight excluding hydrogens is 183 g/mol. The lowest BCUT2D eigenvalue weighted by Gasteiger charge is -2.07. The monoisotopic (exact) mass is 196 g/mol. The van der Waals surface area contributed by atoms with Crippen molar-refractivity contribution in [1.82, 2.24) is 10.6 Å². The third kappa shape index (κ3) is 3.88. The topological polar surface area (TPSA) is 41.1 Å². The predicted molar refractivity (Wildman–Crippen MR) is 47.2 cm³/mol. The van der Waals surface area contributed by atoms with Gasteiger partial charge in [-0.1, -0.05) is 0 Å². The summed E-state index contributed by atoms with van der Waals surface area (Å²) >= 11 is 0. The van der Waals surface area contributed by atoms with Gasteiger partial charge >= 0.3 is 0 Å². The van der Waals surface area contributed by atoms with Gasteiger partial charge < -0.3 is 10.6 Å². The van der Waals surface area contributed by atoms with E-state index in [9.17, 15) is 9.18 Å². The quantitative estimate of drug-likeness (QED) is 0.673. The van der Waals surface area contributed by atoms with Crippen LogP contribution in [0.5, 0.6) is 0 Å². The fraction of sp³-hybridized carbons (Fsp3) is 0.857. The first-order valence-corrected chi connectivity index (χ1v) is 3.86. The van der Waals surface area contributed by atoms with Gasteiger partial charge in [0.15, 0.2) is 6.67 Å². The minimum absolute atomic E-state index is 0. The summed E-state index contributed by atoms with van der Waals surface area (Å²) in [5.74, 6) is -0.0117. The van der Waals surface area contributed by atoms with Crippen molar-refractivity contribution in [2.45, 2.75) is 6.42 Å². The molecule has 1 saturated heterocycles. The number of halogens is 2. The smallest absolute Gasteiger partial charge is 0.251 e. The Bertz CT molecular complexity index is 139. The number of hydrogen-bond acceptors (Lipinski definition) is 2. The first-order valence-electron chi connectivity index (χ1n) is 3.86. The molecule has 1 aliphatic rings. The van der Waals surface area contributed by atoms with Crippen LogP contribution in [0.25, 0.3) is 0 Å². The van der Waals surface area contributed by atoms with Crippen LogP contribution < -0.4 is 10.6 Å². The average molecular weight is 197 g/mol. The van der Waals surface area contributed by atoms with Gasteiger partial charge in [0.1, 0.15) is 0 Å². The second-order valence-corrected chi connectivity index (χ2v) is 2.80. The second kappa shape index (κ2) is 6.20. The first kappa shape index (κ1) is 11.6. The van der Waals surface area contributed by atoms with E-state index < -0.39 is 12.6 Å². The van der Waals surface area contributed by atoms with Crippen molar-refractivity contribution in [3.63, 3.8) is 0 Å². The van der Waals surface area contributed by atoms with Gasteiger partial charge in [-0.05, 0) is 25.4 Å². The molecule has 1 heterocycles. The molecule has 2 N–H and O–H groups in total. The number of hydrogen-bond donors (Lipinski definition) is 2. The Kier molecular flexibility index (Phi) is 6.02. The van der Waals surface area contributed by atoms with Crippen LogP contribution in [0.2, 0.25) is 0 Å². The molecule has 0 spiro atoms. The molecule has 0 unspecified atom stereocenters. The molecule has 1 aliphatic heterocycles. The number of alkyl halides is 1. The normalized spacial score (nSPS) is 21.6. The van der Waals surface area contributed by atoms with E-state index in [1.807, 2.05) is 0 Å². The summed E-state index contributed by atoms with van der Waals surface area (Å²) in [6, 6.07) is 0. The van der Waals surface area contributed by atoms with Crippen molar-refractivity contribution in [2.24, 2.45) is 5.92 Å². The van der Waals surface area contributed by atoms with Gasteiger partial charge in [-0.2, -0.15) is 0 Å². The Labute approximate surface area is 77.5 Å². The Morgan fingerprint density at radius 3 is 2.92 bits per heavy atom. The number of carbonyl (C=O) groups excluding carboxylic acids is 1. The number of amides is 1. The van der Waals surface area contributed by atoms with E-state index in [4.69, 9.17) is 0 Å². The lowest BCUT2D eigenvalue weighted by atomic mass is 10.1. The summed E-state index contributed by atoms with van der Waals surface area (Å²) in [5.41, 5.74) is 0. The summed E-state index contributed by atoms with van der Waals surface area (Å²) < 4.78 is 11.6. The molecule has 0 aromatic rings. The van der Waals surface area contributed by atoms with Gasteiger partial charge in [0.25, 0.3) is 5.91 Å². The van der Waals surface area contributed by atoms with Gasteiger partial charge in [0.2, 0.25) is 0 Å². The molecule has 0 aromatic carbocycles. The van der Waals surface area contributed by atoms with Crippen LogP contribution in [0, 0.1) is 5.92 Å². The maximum absolute atomic E-state index is 11.6. The Morgan fingerprint density at radius 2 is 2.42 bits per heavy atom. The molecule has 1 rings (SSSR count). The Morgan fingerprint density at radius 1 is 1.67 bits per heavy atom. The summed E-state index contributed by atoms with van der Waals surface area (Å²) in [4.78, 5) is 10.5. The molecule has 0 bridgehead atoms. The summed E-state index contributed by atoms with van der Waals surface area (Å²) in [5, 5.41) is 5.69. The van der Waals surface area contributed by atoms with Crippen LogP contribution in [0.1, 0.15) is 6.42 Å². The molecule has 0 aliphatic carbocycles. The van der Waals surface area contributed by atoms with Crippen LogP contribution >= 0.6 is 12.4 Å². The molecule has 1 atom stereocenters.